The van der Waals surface area contributed by atoms with Crippen LogP contribution in [0.2, 0.25) is 0 Å². The van der Waals surface area contributed by atoms with E-state index < -0.39 is 35.4 Å². The number of amides is 2. The van der Waals surface area contributed by atoms with Gasteiger partial charge in [0.05, 0.1) is 33.3 Å². The third kappa shape index (κ3) is 8.39. The van der Waals surface area contributed by atoms with Crippen molar-refractivity contribution in [3.05, 3.63) is 143 Å². The highest BCUT2D eigenvalue weighted by atomic mass is 19.3. The summed E-state index contributed by atoms with van der Waals surface area (Å²) in [5.41, 5.74) is 3.59. The molecule has 0 bridgehead atoms. The summed E-state index contributed by atoms with van der Waals surface area (Å²) in [5, 5.41) is 24.1. The van der Waals surface area contributed by atoms with Gasteiger partial charge in [-0.15, -0.1) is 17.6 Å². The summed E-state index contributed by atoms with van der Waals surface area (Å²) in [4.78, 5) is 58.0. The first kappa shape index (κ1) is 43.2. The highest BCUT2D eigenvalue weighted by Crippen LogP contribution is 2.53. The average Bonchev–Trinajstić information content (AvgIpc) is 4.21. The highest BCUT2D eigenvalue weighted by molar-refractivity contribution is 6.02. The molecule has 6 aromatic rings. The van der Waals surface area contributed by atoms with Crippen molar-refractivity contribution in [2.24, 2.45) is 0 Å². The molecular formula is C48H36F4N4O10. The molecule has 2 aliphatic carbocycles. The van der Waals surface area contributed by atoms with Crippen LogP contribution < -0.4 is 29.6 Å². The van der Waals surface area contributed by atoms with Crippen molar-refractivity contribution in [2.45, 2.75) is 63.0 Å². The third-order valence-electron chi connectivity index (χ3n) is 11.7. The van der Waals surface area contributed by atoms with Gasteiger partial charge in [0.25, 0.3) is 0 Å². The van der Waals surface area contributed by atoms with Gasteiger partial charge in [-0.25, -0.2) is 19.6 Å². The number of fused-ring (bicyclic) bond motifs is 2. The van der Waals surface area contributed by atoms with E-state index in [2.05, 4.69) is 39.5 Å². The SMILES string of the molecule is Cc1ccc(NC(=O)C2(c3ccc4c(c3)OC(F)(F)O4)CC2)nc1-c1cccc(C(=O)O)c1.Cc1ccc(NC(=O)C2(c3ccc4c(c3)OC(F)(F)O4)CC2)nc1-c1cccc(C(=O)O)c1. The number of hydrogen-bond donors (Lipinski definition) is 4. The fraction of sp³-hybridized carbons (Fsp3) is 0.208. The molecule has 0 radical (unpaired) electrons. The van der Waals surface area contributed by atoms with Crippen molar-refractivity contribution in [3.8, 4) is 45.5 Å². The molecule has 2 saturated carbocycles. The van der Waals surface area contributed by atoms with Crippen LogP contribution in [0.15, 0.2) is 109 Å². The topological polar surface area (TPSA) is 195 Å². The van der Waals surface area contributed by atoms with E-state index in [0.717, 1.165) is 11.1 Å². The van der Waals surface area contributed by atoms with Crippen LogP contribution in [0.4, 0.5) is 29.2 Å². The van der Waals surface area contributed by atoms with Gasteiger partial charge in [-0.2, -0.15) is 0 Å². The van der Waals surface area contributed by atoms with Crippen molar-refractivity contribution in [3.63, 3.8) is 0 Å². The van der Waals surface area contributed by atoms with Crippen LogP contribution in [0.1, 0.15) is 68.7 Å². The Kier molecular flexibility index (Phi) is 10.4. The van der Waals surface area contributed by atoms with Crippen molar-refractivity contribution >= 4 is 35.4 Å². The van der Waals surface area contributed by atoms with Gasteiger partial charge in [0.2, 0.25) is 11.8 Å². The lowest BCUT2D eigenvalue weighted by atomic mass is 9.94. The van der Waals surface area contributed by atoms with Crippen molar-refractivity contribution in [1.82, 2.24) is 9.97 Å². The van der Waals surface area contributed by atoms with Crippen LogP contribution >= 0.6 is 0 Å². The number of aromatic nitrogens is 2. The number of alkyl halides is 4. The van der Waals surface area contributed by atoms with E-state index in [1.54, 1.807) is 60.7 Å². The molecule has 66 heavy (non-hydrogen) atoms. The highest BCUT2D eigenvalue weighted by Gasteiger charge is 2.54. The molecule has 2 aromatic heterocycles. The number of hydrogen-bond acceptors (Lipinski definition) is 10. The van der Waals surface area contributed by atoms with Gasteiger partial charge in [-0.3, -0.25) is 9.59 Å². The molecule has 4 heterocycles. The lowest BCUT2D eigenvalue weighted by Gasteiger charge is -2.17. The number of rotatable bonds is 10. The minimum Gasteiger partial charge on any atom is -0.478 e. The minimum atomic E-state index is -3.72. The Morgan fingerprint density at radius 2 is 0.894 bits per heavy atom. The normalized spacial score (nSPS) is 16.8. The van der Waals surface area contributed by atoms with Crippen LogP contribution in [0.3, 0.4) is 0 Å². The number of nitrogens with one attached hydrogen (secondary N) is 2. The van der Waals surface area contributed by atoms with Crippen LogP contribution in [-0.4, -0.2) is 56.5 Å². The number of benzene rings is 4. The summed E-state index contributed by atoms with van der Waals surface area (Å²) >= 11 is 0. The second-order valence-corrected chi connectivity index (χ2v) is 16.2. The Morgan fingerprint density at radius 1 is 0.515 bits per heavy atom. The smallest absolute Gasteiger partial charge is 0.478 e. The summed E-state index contributed by atoms with van der Waals surface area (Å²) in [6.07, 6.45) is -5.24. The fourth-order valence-corrected chi connectivity index (χ4v) is 7.89. The molecular weight excluding hydrogens is 869 g/mol. The predicted molar refractivity (Wildman–Crippen MR) is 227 cm³/mol. The lowest BCUT2D eigenvalue weighted by Crippen LogP contribution is -2.28. The van der Waals surface area contributed by atoms with Gasteiger partial charge >= 0.3 is 24.5 Å². The Hall–Kier alpha value is -8.02. The number of aryl methyl sites for hydroxylation is 2. The maximum absolute atomic E-state index is 13.3. The number of halogens is 4. The summed E-state index contributed by atoms with van der Waals surface area (Å²) in [6.45, 7) is 3.68. The molecule has 0 saturated heterocycles. The van der Waals surface area contributed by atoms with Crippen LogP contribution in [0.5, 0.6) is 23.0 Å². The van der Waals surface area contributed by atoms with E-state index in [0.29, 0.717) is 71.0 Å². The number of ether oxygens (including phenoxy) is 4. The Bertz CT molecular complexity index is 2810. The molecule has 18 heteroatoms. The first-order valence-corrected chi connectivity index (χ1v) is 20.4. The van der Waals surface area contributed by atoms with E-state index in [1.807, 2.05) is 13.8 Å². The summed E-state index contributed by atoms with van der Waals surface area (Å²) in [6, 6.07) is 28.4. The van der Waals surface area contributed by atoms with Crippen LogP contribution in [-0.2, 0) is 20.4 Å². The zero-order chi connectivity index (χ0) is 46.8. The van der Waals surface area contributed by atoms with E-state index >= 15 is 0 Å². The van der Waals surface area contributed by atoms with E-state index in [4.69, 9.17) is 0 Å². The minimum absolute atomic E-state index is 0.0756. The third-order valence-corrected chi connectivity index (χ3v) is 11.7. The van der Waals surface area contributed by atoms with Crippen LogP contribution in [0.25, 0.3) is 22.5 Å². The van der Waals surface area contributed by atoms with Gasteiger partial charge < -0.3 is 39.8 Å². The lowest BCUT2D eigenvalue weighted by molar-refractivity contribution is -0.287. The monoisotopic (exact) mass is 904 g/mol. The number of carbonyl (C=O) groups is 4. The first-order valence-electron chi connectivity index (χ1n) is 20.4. The zero-order valence-corrected chi connectivity index (χ0v) is 34.8. The Labute approximate surface area is 372 Å². The molecule has 4 N–H and O–H groups in total. The number of aromatic carboxylic acids is 2. The average molecular weight is 905 g/mol. The number of carboxylic acids is 2. The van der Waals surface area contributed by atoms with E-state index in [9.17, 15) is 47.0 Å². The number of anilines is 2. The van der Waals surface area contributed by atoms with Crippen molar-refractivity contribution in [1.29, 1.82) is 0 Å². The largest absolute Gasteiger partial charge is 0.586 e. The molecule has 14 nitrogen and oxygen atoms in total. The number of carboxylic acid groups (broad SMARTS) is 2. The Morgan fingerprint density at radius 3 is 1.26 bits per heavy atom. The Balaban J connectivity index is 0.000000166. The maximum atomic E-state index is 13.3. The van der Waals surface area contributed by atoms with Crippen molar-refractivity contribution < 1.29 is 65.9 Å². The summed E-state index contributed by atoms with van der Waals surface area (Å²) in [5.74, 6) is -2.46. The molecule has 2 amide bonds. The first-order chi connectivity index (χ1) is 31.3. The molecule has 2 fully saturated rings. The molecule has 0 unspecified atom stereocenters. The number of nitrogens with zero attached hydrogens (tertiary/aromatic N) is 2. The fourth-order valence-electron chi connectivity index (χ4n) is 7.89. The predicted octanol–water partition coefficient (Wildman–Crippen LogP) is 9.49. The van der Waals surface area contributed by atoms with E-state index in [-0.39, 0.29) is 45.9 Å². The number of carbonyl (C=O) groups excluding carboxylic acids is 2. The molecule has 336 valence electrons. The number of pyridine rings is 2. The molecule has 0 spiro atoms. The zero-order valence-electron chi connectivity index (χ0n) is 34.8. The molecule has 2 aliphatic heterocycles. The van der Waals surface area contributed by atoms with Gasteiger partial charge in [0, 0.05) is 11.1 Å². The second kappa shape index (κ2) is 15.9. The van der Waals surface area contributed by atoms with Gasteiger partial charge in [0.1, 0.15) is 11.6 Å². The van der Waals surface area contributed by atoms with Gasteiger partial charge in [0.15, 0.2) is 23.0 Å². The molecule has 4 aromatic carbocycles. The molecule has 4 aliphatic rings. The second-order valence-electron chi connectivity index (χ2n) is 16.2. The maximum Gasteiger partial charge on any atom is 0.586 e. The van der Waals surface area contributed by atoms with E-state index in [1.165, 1.54) is 48.5 Å². The van der Waals surface area contributed by atoms with Gasteiger partial charge in [-0.05, 0) is 122 Å². The van der Waals surface area contributed by atoms with Gasteiger partial charge in [-0.1, -0.05) is 48.5 Å². The van der Waals surface area contributed by atoms with Crippen molar-refractivity contribution in [2.75, 3.05) is 10.6 Å². The molecule has 0 atom stereocenters. The summed E-state index contributed by atoms with van der Waals surface area (Å²) in [7, 11) is 0. The van der Waals surface area contributed by atoms with Crippen LogP contribution in [0, 0.1) is 13.8 Å². The molecule has 10 rings (SSSR count). The standard InChI is InChI=1S/2C24H18F2N2O5/c2*1-13-5-8-19(27-20(13)14-3-2-4-15(11-14)21(29)30)28-22(31)23(9-10-23)16-6-7-17-18(12-16)33-24(25,26)32-17/h2*2-8,11-12H,9-10H2,1H3,(H,29,30)(H,27,28,31). The summed E-state index contributed by atoms with van der Waals surface area (Å²) < 4.78 is 71.3. The quantitative estimate of drug-likeness (QED) is 0.0953.